The number of carbonyl (C=O) groups is 2. The summed E-state index contributed by atoms with van der Waals surface area (Å²) in [6.45, 7) is 2.11. The van der Waals surface area contributed by atoms with Crippen molar-refractivity contribution in [2.75, 3.05) is 7.11 Å². The van der Waals surface area contributed by atoms with Gasteiger partial charge in [-0.3, -0.25) is 4.79 Å². The number of methoxy groups -OCH3 is 1. The van der Waals surface area contributed by atoms with Gasteiger partial charge >= 0.3 is 5.97 Å². The van der Waals surface area contributed by atoms with E-state index in [-0.39, 0.29) is 5.75 Å². The Labute approximate surface area is 125 Å². The highest BCUT2D eigenvalue weighted by Gasteiger charge is 2.21. The number of ether oxygens (including phenoxy) is 1. The fourth-order valence-electron chi connectivity index (χ4n) is 2.06. The lowest BCUT2D eigenvalue weighted by Crippen LogP contribution is -2.41. The van der Waals surface area contributed by atoms with Gasteiger partial charge in [-0.05, 0) is 24.6 Å². The van der Waals surface area contributed by atoms with Crippen LogP contribution < -0.4 is 5.32 Å². The molecule has 0 saturated carbocycles. The van der Waals surface area contributed by atoms with Gasteiger partial charge in [0.2, 0.25) is 0 Å². The molecule has 0 aliphatic carbocycles. The molecular weight excluding hydrogens is 270 g/mol. The normalized spacial score (nSPS) is 11.7. The second kappa shape index (κ2) is 9.00. The summed E-state index contributed by atoms with van der Waals surface area (Å²) in [5.74, 6) is -0.822. The lowest BCUT2D eigenvalue weighted by molar-refractivity contribution is -0.143. The van der Waals surface area contributed by atoms with E-state index in [4.69, 9.17) is 4.74 Å². The number of phenolic OH excluding ortho intramolecular Hbond substituents is 1. The van der Waals surface area contributed by atoms with Crippen molar-refractivity contribution in [3.05, 3.63) is 29.8 Å². The average Bonchev–Trinajstić information content (AvgIpc) is 2.49. The highest BCUT2D eigenvalue weighted by atomic mass is 16.5. The van der Waals surface area contributed by atoms with E-state index in [0.29, 0.717) is 12.0 Å². The van der Waals surface area contributed by atoms with Gasteiger partial charge < -0.3 is 15.2 Å². The highest BCUT2D eigenvalue weighted by Crippen LogP contribution is 2.12. The molecule has 0 aromatic heterocycles. The summed E-state index contributed by atoms with van der Waals surface area (Å²) < 4.78 is 4.73. The number of hydrogen-bond donors (Lipinski definition) is 2. The molecular formula is C16H23NO4. The molecule has 1 aromatic rings. The van der Waals surface area contributed by atoms with Crippen molar-refractivity contribution in [2.45, 2.75) is 45.1 Å². The van der Waals surface area contributed by atoms with Crippen LogP contribution in [0.1, 0.15) is 49.4 Å². The van der Waals surface area contributed by atoms with Crippen molar-refractivity contribution < 1.29 is 19.4 Å². The fourth-order valence-corrected chi connectivity index (χ4v) is 2.06. The molecule has 1 atom stereocenters. The summed E-state index contributed by atoms with van der Waals surface area (Å²) >= 11 is 0. The topological polar surface area (TPSA) is 75.6 Å². The zero-order valence-electron chi connectivity index (χ0n) is 12.6. The number of carbonyl (C=O) groups excluding carboxylic acids is 2. The first-order valence-electron chi connectivity index (χ1n) is 7.26. The van der Waals surface area contributed by atoms with Gasteiger partial charge in [-0.15, -0.1) is 0 Å². The molecule has 0 fully saturated rings. The minimum atomic E-state index is -0.651. The minimum Gasteiger partial charge on any atom is -0.508 e. The van der Waals surface area contributed by atoms with Crippen LogP contribution in [-0.4, -0.2) is 30.1 Å². The molecule has 1 rings (SSSR count). The molecule has 21 heavy (non-hydrogen) atoms. The standard InChI is InChI=1S/C16H23NO4/c1-3-4-5-6-10-14(16(20)21-2)17-15(19)12-8-7-9-13(18)11-12/h7-9,11,14,18H,3-6,10H2,1-2H3,(H,17,19)/t14-/m0/s1. The number of rotatable bonds is 8. The Morgan fingerprint density at radius 3 is 2.67 bits per heavy atom. The molecule has 0 heterocycles. The maximum atomic E-state index is 12.1. The molecule has 116 valence electrons. The third-order valence-corrected chi connectivity index (χ3v) is 3.25. The van der Waals surface area contributed by atoms with Gasteiger partial charge in [0.15, 0.2) is 0 Å². The second-order valence-corrected chi connectivity index (χ2v) is 4.95. The first-order chi connectivity index (χ1) is 10.1. The number of esters is 1. The zero-order valence-corrected chi connectivity index (χ0v) is 12.6. The Morgan fingerprint density at radius 1 is 1.29 bits per heavy atom. The first-order valence-corrected chi connectivity index (χ1v) is 7.26. The third-order valence-electron chi connectivity index (χ3n) is 3.25. The number of phenols is 1. The van der Waals surface area contributed by atoms with Crippen LogP contribution in [0.15, 0.2) is 24.3 Å². The van der Waals surface area contributed by atoms with Crippen LogP contribution in [0.2, 0.25) is 0 Å². The van der Waals surface area contributed by atoms with Gasteiger partial charge in [0.1, 0.15) is 11.8 Å². The second-order valence-electron chi connectivity index (χ2n) is 4.95. The van der Waals surface area contributed by atoms with Gasteiger partial charge in [-0.1, -0.05) is 38.7 Å². The predicted octanol–water partition coefficient (Wildman–Crippen LogP) is 2.63. The Morgan fingerprint density at radius 2 is 2.05 bits per heavy atom. The number of nitrogens with one attached hydrogen (secondary N) is 1. The van der Waals surface area contributed by atoms with Gasteiger partial charge in [0, 0.05) is 5.56 Å². The van der Waals surface area contributed by atoms with E-state index in [1.54, 1.807) is 12.1 Å². The van der Waals surface area contributed by atoms with Gasteiger partial charge in [0.25, 0.3) is 5.91 Å². The summed E-state index contributed by atoms with van der Waals surface area (Å²) in [6.07, 6.45) is 4.64. The molecule has 0 unspecified atom stereocenters. The average molecular weight is 293 g/mol. The first kappa shape index (κ1) is 17.0. The predicted molar refractivity (Wildman–Crippen MR) is 80.1 cm³/mol. The molecule has 0 aliphatic heterocycles. The summed E-state index contributed by atoms with van der Waals surface area (Å²) in [5.41, 5.74) is 0.317. The molecule has 0 bridgehead atoms. The van der Waals surface area contributed by atoms with E-state index in [9.17, 15) is 14.7 Å². The van der Waals surface area contributed by atoms with E-state index in [2.05, 4.69) is 12.2 Å². The quantitative estimate of drug-likeness (QED) is 0.570. The number of benzene rings is 1. The molecule has 0 aliphatic rings. The molecule has 0 radical (unpaired) electrons. The number of unbranched alkanes of at least 4 members (excludes halogenated alkanes) is 3. The molecule has 0 saturated heterocycles. The highest BCUT2D eigenvalue weighted by molar-refractivity contribution is 5.97. The largest absolute Gasteiger partial charge is 0.508 e. The van der Waals surface area contributed by atoms with Gasteiger partial charge in [-0.25, -0.2) is 4.79 Å². The van der Waals surface area contributed by atoms with Crippen molar-refractivity contribution in [1.82, 2.24) is 5.32 Å². The van der Waals surface area contributed by atoms with Crippen LogP contribution in [-0.2, 0) is 9.53 Å². The van der Waals surface area contributed by atoms with Crippen LogP contribution in [0.4, 0.5) is 0 Å². The minimum absolute atomic E-state index is 0.0141. The molecule has 1 amide bonds. The van der Waals surface area contributed by atoms with E-state index in [1.165, 1.54) is 19.2 Å². The Bertz CT molecular complexity index is 473. The third kappa shape index (κ3) is 5.85. The van der Waals surface area contributed by atoms with Crippen molar-refractivity contribution >= 4 is 11.9 Å². The van der Waals surface area contributed by atoms with Crippen molar-refractivity contribution in [1.29, 1.82) is 0 Å². The molecule has 1 aromatic carbocycles. The number of amides is 1. The summed E-state index contributed by atoms with van der Waals surface area (Å²) in [4.78, 5) is 23.8. The van der Waals surface area contributed by atoms with Crippen LogP contribution in [0.3, 0.4) is 0 Å². The molecule has 5 nitrogen and oxygen atoms in total. The van der Waals surface area contributed by atoms with Crippen LogP contribution in [0.25, 0.3) is 0 Å². The molecule has 0 spiro atoms. The van der Waals surface area contributed by atoms with E-state index in [0.717, 1.165) is 25.7 Å². The SMILES string of the molecule is CCCCCC[C@H](NC(=O)c1cccc(O)c1)C(=O)OC. The maximum absolute atomic E-state index is 12.1. The number of hydrogen-bond acceptors (Lipinski definition) is 4. The van der Waals surface area contributed by atoms with Crippen molar-refractivity contribution in [3.63, 3.8) is 0 Å². The van der Waals surface area contributed by atoms with Crippen molar-refractivity contribution in [3.8, 4) is 5.75 Å². The Balaban J connectivity index is 2.63. The molecule has 5 heteroatoms. The Kier molecular flexibility index (Phi) is 7.29. The summed E-state index contributed by atoms with van der Waals surface area (Å²) in [5, 5.41) is 12.0. The van der Waals surface area contributed by atoms with Crippen LogP contribution >= 0.6 is 0 Å². The van der Waals surface area contributed by atoms with Crippen molar-refractivity contribution in [2.24, 2.45) is 0 Å². The maximum Gasteiger partial charge on any atom is 0.328 e. The fraction of sp³-hybridized carbons (Fsp3) is 0.500. The van der Waals surface area contributed by atoms with E-state index >= 15 is 0 Å². The number of aromatic hydroxyl groups is 1. The Hall–Kier alpha value is -2.04. The van der Waals surface area contributed by atoms with E-state index < -0.39 is 17.9 Å². The van der Waals surface area contributed by atoms with E-state index in [1.807, 2.05) is 0 Å². The zero-order chi connectivity index (χ0) is 15.7. The summed E-state index contributed by atoms with van der Waals surface area (Å²) in [7, 11) is 1.31. The smallest absolute Gasteiger partial charge is 0.328 e. The van der Waals surface area contributed by atoms with Gasteiger partial charge in [0.05, 0.1) is 7.11 Å². The molecule has 2 N–H and O–H groups in total. The van der Waals surface area contributed by atoms with Crippen LogP contribution in [0.5, 0.6) is 5.75 Å². The van der Waals surface area contributed by atoms with Crippen LogP contribution in [0, 0.1) is 0 Å². The lowest BCUT2D eigenvalue weighted by Gasteiger charge is -2.16. The van der Waals surface area contributed by atoms with Gasteiger partial charge in [-0.2, -0.15) is 0 Å². The lowest BCUT2D eigenvalue weighted by atomic mass is 10.1. The summed E-state index contributed by atoms with van der Waals surface area (Å²) in [6, 6.07) is 5.36. The monoisotopic (exact) mass is 293 g/mol.